The van der Waals surface area contributed by atoms with Crippen molar-refractivity contribution < 1.29 is 0 Å². The quantitative estimate of drug-likeness (QED) is 0.536. The van der Waals surface area contributed by atoms with Gasteiger partial charge in [0, 0.05) is 0 Å². The van der Waals surface area contributed by atoms with E-state index in [0.29, 0.717) is 0 Å². The Bertz CT molecular complexity index is 31.5. The number of unbranched alkanes of at least 4 members (excludes halogenated alkanes) is 2. The third-order valence-corrected chi connectivity index (χ3v) is 1.09. The Labute approximate surface area is 51.5 Å². The summed E-state index contributed by atoms with van der Waals surface area (Å²) in [5, 5.41) is 3.97. The second kappa shape index (κ2) is 6.92. The summed E-state index contributed by atoms with van der Waals surface area (Å²) in [4.78, 5) is 0. The van der Waals surface area contributed by atoms with E-state index in [1.807, 2.05) is 7.05 Å². The van der Waals surface area contributed by atoms with E-state index in [-0.39, 0.29) is 0 Å². The third kappa shape index (κ3) is 5.92. The first kappa shape index (κ1) is 7.92. The van der Waals surface area contributed by atoms with Crippen LogP contribution in [0, 0.1) is 0 Å². The molecule has 0 heterocycles. The largest absolute Gasteiger partial charge is 0.665 e. The van der Waals surface area contributed by atoms with Crippen molar-refractivity contribution >= 4 is 0 Å². The molecule has 2 nitrogen and oxygen atoms in total. The van der Waals surface area contributed by atoms with Crippen molar-refractivity contribution in [2.24, 2.45) is 5.73 Å². The lowest BCUT2D eigenvalue weighted by Crippen LogP contribution is -1.98. The molecular weight excluding hydrogens is 100 g/mol. The molecule has 0 saturated heterocycles. The van der Waals surface area contributed by atoms with Crippen molar-refractivity contribution in [1.29, 1.82) is 0 Å². The van der Waals surface area contributed by atoms with Gasteiger partial charge in [-0.05, 0) is 13.0 Å². The zero-order valence-corrected chi connectivity index (χ0v) is 5.56. The molecule has 0 bridgehead atoms. The molecule has 8 heavy (non-hydrogen) atoms. The summed E-state index contributed by atoms with van der Waals surface area (Å²) in [5.74, 6) is 0. The zero-order valence-electron chi connectivity index (χ0n) is 5.56. The summed E-state index contributed by atoms with van der Waals surface area (Å²) in [6, 6.07) is 0. The maximum Gasteiger partial charge on any atom is -0.00773 e. The minimum absolute atomic E-state index is 0.823. The number of nitrogens with zero attached hydrogens (tertiary/aromatic N) is 1. The first-order valence-corrected chi connectivity index (χ1v) is 3.17. The molecule has 0 aliphatic heterocycles. The van der Waals surface area contributed by atoms with Gasteiger partial charge in [0.25, 0.3) is 0 Å². The van der Waals surface area contributed by atoms with Crippen LogP contribution in [0.5, 0.6) is 0 Å². The predicted octanol–water partition coefficient (Wildman–Crippen LogP) is 1.12. The molecule has 2 heteroatoms. The SMILES string of the molecule is C[N-]CCCCCN. The van der Waals surface area contributed by atoms with Gasteiger partial charge >= 0.3 is 0 Å². The summed E-state index contributed by atoms with van der Waals surface area (Å²) < 4.78 is 0. The summed E-state index contributed by atoms with van der Waals surface area (Å²) in [7, 11) is 1.85. The lowest BCUT2D eigenvalue weighted by molar-refractivity contribution is 0.712. The Morgan fingerprint density at radius 1 is 1.25 bits per heavy atom. The third-order valence-electron chi connectivity index (χ3n) is 1.09. The summed E-state index contributed by atoms with van der Waals surface area (Å²) in [5.41, 5.74) is 5.28. The van der Waals surface area contributed by atoms with Gasteiger partial charge in [-0.2, -0.15) is 7.05 Å². The molecule has 0 aromatic heterocycles. The molecular formula is C6H15N2-. The zero-order chi connectivity index (χ0) is 6.24. The normalized spacial score (nSPS) is 9.75. The highest BCUT2D eigenvalue weighted by Crippen LogP contribution is 1.94. The number of rotatable bonds is 5. The lowest BCUT2D eigenvalue weighted by Gasteiger charge is -2.08. The molecule has 2 N–H and O–H groups in total. The minimum atomic E-state index is 0.823. The second-order valence-electron chi connectivity index (χ2n) is 1.89. The Morgan fingerprint density at radius 3 is 2.50 bits per heavy atom. The van der Waals surface area contributed by atoms with Gasteiger partial charge in [0.2, 0.25) is 0 Å². The molecule has 0 aliphatic rings. The first-order chi connectivity index (χ1) is 3.91. The van der Waals surface area contributed by atoms with E-state index >= 15 is 0 Å². The van der Waals surface area contributed by atoms with Crippen LogP contribution < -0.4 is 5.73 Å². The van der Waals surface area contributed by atoms with E-state index in [9.17, 15) is 0 Å². The summed E-state index contributed by atoms with van der Waals surface area (Å²) in [6.45, 7) is 1.82. The van der Waals surface area contributed by atoms with Crippen molar-refractivity contribution in [2.45, 2.75) is 19.3 Å². The van der Waals surface area contributed by atoms with Gasteiger partial charge in [0.1, 0.15) is 0 Å². The molecule has 0 fully saturated rings. The van der Waals surface area contributed by atoms with Gasteiger partial charge in [-0.25, -0.2) is 0 Å². The molecule has 0 rings (SSSR count). The maximum absolute atomic E-state index is 5.28. The van der Waals surface area contributed by atoms with Gasteiger partial charge in [-0.15, -0.1) is 6.54 Å². The molecule has 0 atom stereocenters. The molecule has 0 unspecified atom stereocenters. The molecule has 0 aliphatic carbocycles. The molecule has 50 valence electrons. The fourth-order valence-corrected chi connectivity index (χ4v) is 0.591. The Hall–Kier alpha value is -0.0800. The monoisotopic (exact) mass is 115 g/mol. The van der Waals surface area contributed by atoms with Gasteiger partial charge in [-0.3, -0.25) is 0 Å². The molecule has 0 radical (unpaired) electrons. The van der Waals surface area contributed by atoms with Crippen molar-refractivity contribution in [3.05, 3.63) is 5.32 Å². The van der Waals surface area contributed by atoms with Crippen LogP contribution >= 0.6 is 0 Å². The molecule has 0 spiro atoms. The number of hydrogen-bond acceptors (Lipinski definition) is 1. The predicted molar refractivity (Wildman–Crippen MR) is 37.1 cm³/mol. The fraction of sp³-hybridized carbons (Fsp3) is 1.00. The highest BCUT2D eigenvalue weighted by molar-refractivity contribution is 4.68. The van der Waals surface area contributed by atoms with Crippen LogP contribution in [0.1, 0.15) is 19.3 Å². The highest BCUT2D eigenvalue weighted by Gasteiger charge is 1.78. The molecule has 0 saturated carbocycles. The van der Waals surface area contributed by atoms with Crippen LogP contribution in [-0.2, 0) is 0 Å². The average Bonchev–Trinajstić information content (AvgIpc) is 1.81. The fourth-order valence-electron chi connectivity index (χ4n) is 0.591. The van der Waals surface area contributed by atoms with E-state index in [1.54, 1.807) is 0 Å². The van der Waals surface area contributed by atoms with Crippen LogP contribution in [0.3, 0.4) is 0 Å². The maximum atomic E-state index is 5.28. The van der Waals surface area contributed by atoms with Crippen LogP contribution in [-0.4, -0.2) is 20.1 Å². The minimum Gasteiger partial charge on any atom is -0.665 e. The van der Waals surface area contributed by atoms with E-state index in [4.69, 9.17) is 5.73 Å². The second-order valence-corrected chi connectivity index (χ2v) is 1.89. The average molecular weight is 115 g/mol. The smallest absolute Gasteiger partial charge is 0.00773 e. The van der Waals surface area contributed by atoms with Gasteiger partial charge in [0.15, 0.2) is 0 Å². The topological polar surface area (TPSA) is 40.1 Å². The highest BCUT2D eigenvalue weighted by atomic mass is 14.8. The Morgan fingerprint density at radius 2 is 2.00 bits per heavy atom. The van der Waals surface area contributed by atoms with E-state index in [2.05, 4.69) is 5.32 Å². The van der Waals surface area contributed by atoms with E-state index in [0.717, 1.165) is 19.5 Å². The van der Waals surface area contributed by atoms with Crippen molar-refractivity contribution in [3.63, 3.8) is 0 Å². The molecule has 0 amide bonds. The van der Waals surface area contributed by atoms with Gasteiger partial charge < -0.3 is 11.1 Å². The van der Waals surface area contributed by atoms with Crippen LogP contribution in [0.25, 0.3) is 5.32 Å². The Kier molecular flexibility index (Phi) is 6.85. The summed E-state index contributed by atoms with van der Waals surface area (Å²) >= 11 is 0. The van der Waals surface area contributed by atoms with Crippen LogP contribution in [0.4, 0.5) is 0 Å². The van der Waals surface area contributed by atoms with Gasteiger partial charge in [-0.1, -0.05) is 12.8 Å². The lowest BCUT2D eigenvalue weighted by atomic mass is 10.2. The standard InChI is InChI=1S/C6H15N2/c1-8-6-4-2-3-5-7/h2-7H2,1H3/q-1. The van der Waals surface area contributed by atoms with Crippen molar-refractivity contribution in [1.82, 2.24) is 0 Å². The van der Waals surface area contributed by atoms with Crippen LogP contribution in [0.15, 0.2) is 0 Å². The van der Waals surface area contributed by atoms with Crippen molar-refractivity contribution in [2.75, 3.05) is 20.1 Å². The first-order valence-electron chi connectivity index (χ1n) is 3.17. The molecule has 0 aromatic carbocycles. The molecule has 0 aromatic rings. The van der Waals surface area contributed by atoms with Crippen molar-refractivity contribution in [3.8, 4) is 0 Å². The summed E-state index contributed by atoms with van der Waals surface area (Å²) in [6.07, 6.45) is 3.58. The van der Waals surface area contributed by atoms with E-state index in [1.165, 1.54) is 12.8 Å². The number of hydrogen-bond donors (Lipinski definition) is 1. The van der Waals surface area contributed by atoms with E-state index < -0.39 is 0 Å². The Balaban J connectivity index is 2.53. The van der Waals surface area contributed by atoms with Gasteiger partial charge in [0.05, 0.1) is 0 Å². The van der Waals surface area contributed by atoms with Crippen LogP contribution in [0.2, 0.25) is 0 Å². The number of nitrogens with two attached hydrogens (primary N) is 1.